The number of rotatable bonds is 3. The smallest absolute Gasteiger partial charge is 0.258 e. The highest BCUT2D eigenvalue weighted by Gasteiger charge is 2.33. The summed E-state index contributed by atoms with van der Waals surface area (Å²) in [5.41, 5.74) is 1.21. The molecule has 12 nitrogen and oxygen atoms in total. The summed E-state index contributed by atoms with van der Waals surface area (Å²) in [4.78, 5) is 54.9. The van der Waals surface area contributed by atoms with E-state index in [9.17, 15) is 23.6 Å². The zero-order valence-electron chi connectivity index (χ0n) is 25.2. The number of hydrogen-bond donors (Lipinski definition) is 2. The number of hydrogen-bond acceptors (Lipinski definition) is 8. The highest BCUT2D eigenvalue weighted by atomic mass is 19.1. The van der Waals surface area contributed by atoms with Gasteiger partial charge in [-0.25, -0.2) is 9.07 Å². The van der Waals surface area contributed by atoms with Crippen LogP contribution < -0.4 is 15.4 Å². The molecule has 0 spiro atoms. The molecule has 5 rings (SSSR count). The Labute approximate surface area is 254 Å². The average Bonchev–Trinajstić information content (AvgIpc) is 3.57. The zero-order valence-corrected chi connectivity index (χ0v) is 25.2. The van der Waals surface area contributed by atoms with Crippen LogP contribution in [0.3, 0.4) is 0 Å². The number of aromatic nitrogens is 3. The van der Waals surface area contributed by atoms with Crippen LogP contribution in [-0.4, -0.2) is 75.7 Å². The van der Waals surface area contributed by atoms with E-state index in [1.807, 2.05) is 13.8 Å². The second kappa shape index (κ2) is 13.4. The Hall–Kier alpha value is -4.55. The van der Waals surface area contributed by atoms with Crippen molar-refractivity contribution < 1.29 is 32.7 Å². The first-order valence-corrected chi connectivity index (χ1v) is 15.0. The maximum Gasteiger partial charge on any atom is 0.258 e. The number of fused-ring (bicyclic) bond motifs is 4. The van der Waals surface area contributed by atoms with Crippen LogP contribution in [0.25, 0.3) is 0 Å². The fourth-order valence-corrected chi connectivity index (χ4v) is 5.58. The van der Waals surface area contributed by atoms with E-state index in [2.05, 4.69) is 20.9 Å². The fourth-order valence-electron chi connectivity index (χ4n) is 5.58. The van der Waals surface area contributed by atoms with Crippen LogP contribution in [0.1, 0.15) is 81.4 Å². The van der Waals surface area contributed by atoms with Gasteiger partial charge in [0.2, 0.25) is 5.91 Å². The topological polar surface area (TPSA) is 149 Å². The summed E-state index contributed by atoms with van der Waals surface area (Å²) < 4.78 is 27.4. The van der Waals surface area contributed by atoms with E-state index in [-0.39, 0.29) is 60.7 Å². The van der Waals surface area contributed by atoms with Crippen molar-refractivity contribution in [3.8, 4) is 5.75 Å². The van der Waals surface area contributed by atoms with Crippen molar-refractivity contribution in [1.82, 2.24) is 30.5 Å². The van der Waals surface area contributed by atoms with Crippen molar-refractivity contribution in [2.45, 2.75) is 65.5 Å². The quantitative estimate of drug-likeness (QED) is 0.461. The Morgan fingerprint density at radius 3 is 2.75 bits per heavy atom. The Kier molecular flexibility index (Phi) is 9.40. The third-order valence-electron chi connectivity index (χ3n) is 7.74. The lowest BCUT2D eigenvalue weighted by Crippen LogP contribution is -2.49. The molecule has 3 amide bonds. The molecule has 0 saturated carbocycles. The van der Waals surface area contributed by atoms with Crippen molar-refractivity contribution in [1.29, 1.82) is 0 Å². The maximum atomic E-state index is 14.2. The minimum atomic E-state index is -0.910. The molecular formula is C31H37FN6O6. The van der Waals surface area contributed by atoms with E-state index < -0.39 is 23.7 Å². The number of halogens is 1. The van der Waals surface area contributed by atoms with Crippen LogP contribution in [0.15, 0.2) is 28.8 Å². The maximum absolute atomic E-state index is 14.2. The lowest BCUT2D eigenvalue weighted by atomic mass is 9.93. The number of carbonyl (C=O) groups excluding carboxylic acids is 4. The second-order valence-corrected chi connectivity index (χ2v) is 11.6. The van der Waals surface area contributed by atoms with Gasteiger partial charge in [-0.2, -0.15) is 0 Å². The number of Topliss-reactive ketones (excluding diaryl/α,β-unsaturated/α-hetero) is 1. The molecule has 234 valence electrons. The summed E-state index contributed by atoms with van der Waals surface area (Å²) in [5.74, 6) is -1.01. The number of ether oxygens (including phenoxy) is 1. The van der Waals surface area contributed by atoms with E-state index in [0.717, 1.165) is 6.07 Å². The van der Waals surface area contributed by atoms with E-state index >= 15 is 0 Å². The van der Waals surface area contributed by atoms with Gasteiger partial charge in [0.25, 0.3) is 11.8 Å². The number of nitrogens with zero attached hydrogens (tertiary/aromatic N) is 4. The summed E-state index contributed by atoms with van der Waals surface area (Å²) >= 11 is 0. The third-order valence-corrected chi connectivity index (χ3v) is 7.74. The first kappa shape index (κ1) is 30.9. The number of aryl methyl sites for hydroxylation is 2. The normalized spacial score (nSPS) is 18.4. The predicted molar refractivity (Wildman–Crippen MR) is 156 cm³/mol. The van der Waals surface area contributed by atoms with E-state index in [1.165, 1.54) is 12.1 Å². The second-order valence-electron chi connectivity index (χ2n) is 11.6. The van der Waals surface area contributed by atoms with Gasteiger partial charge in [-0.05, 0) is 43.9 Å². The van der Waals surface area contributed by atoms with Gasteiger partial charge in [0.15, 0.2) is 5.78 Å². The molecular weight excluding hydrogens is 571 g/mol. The minimum absolute atomic E-state index is 0.0305. The van der Waals surface area contributed by atoms with Crippen LogP contribution in [0, 0.1) is 18.7 Å². The molecule has 3 aromatic rings. The first-order valence-electron chi connectivity index (χ1n) is 15.0. The molecule has 0 radical (unpaired) electrons. The van der Waals surface area contributed by atoms with Gasteiger partial charge >= 0.3 is 0 Å². The molecule has 2 aliphatic rings. The summed E-state index contributed by atoms with van der Waals surface area (Å²) in [6.07, 6.45) is 4.08. The number of nitrogens with one attached hydrogen (secondary N) is 2. The summed E-state index contributed by atoms with van der Waals surface area (Å²) in [6, 6.07) is 2.75. The van der Waals surface area contributed by atoms with Crippen LogP contribution >= 0.6 is 0 Å². The Morgan fingerprint density at radius 1 is 1.14 bits per heavy atom. The molecule has 2 bridgehead atoms. The summed E-state index contributed by atoms with van der Waals surface area (Å²) in [6.45, 7) is 6.42. The van der Waals surface area contributed by atoms with Gasteiger partial charge in [-0.15, -0.1) is 5.10 Å². The molecule has 1 aliphatic heterocycles. The molecule has 2 aromatic heterocycles. The highest BCUT2D eigenvalue weighted by molar-refractivity contribution is 6.10. The van der Waals surface area contributed by atoms with Crippen LogP contribution in [0.5, 0.6) is 5.75 Å². The van der Waals surface area contributed by atoms with Crippen molar-refractivity contribution in [3.05, 3.63) is 64.1 Å². The number of amides is 3. The zero-order chi connectivity index (χ0) is 31.4. The summed E-state index contributed by atoms with van der Waals surface area (Å²) in [5, 5.41) is 13.9. The number of benzene rings is 1. The molecule has 0 saturated heterocycles. The van der Waals surface area contributed by atoms with E-state index in [0.29, 0.717) is 61.4 Å². The van der Waals surface area contributed by atoms with Crippen molar-refractivity contribution >= 4 is 23.5 Å². The summed E-state index contributed by atoms with van der Waals surface area (Å²) in [7, 11) is 0. The first-order chi connectivity index (χ1) is 21.1. The van der Waals surface area contributed by atoms with E-state index in [4.69, 9.17) is 9.15 Å². The number of ketones is 1. The molecule has 0 fully saturated rings. The molecule has 1 atom stereocenters. The molecule has 2 N–H and O–H groups in total. The van der Waals surface area contributed by atoms with Gasteiger partial charge in [0, 0.05) is 45.1 Å². The molecule has 3 heterocycles. The van der Waals surface area contributed by atoms with Crippen LogP contribution in [-0.2, 0) is 24.2 Å². The van der Waals surface area contributed by atoms with Gasteiger partial charge < -0.3 is 24.7 Å². The third kappa shape index (κ3) is 6.98. The Balaban J connectivity index is 1.42. The van der Waals surface area contributed by atoms with Crippen molar-refractivity contribution in [2.75, 3.05) is 26.2 Å². The Bertz CT molecular complexity index is 1560. The molecule has 1 aromatic carbocycles. The van der Waals surface area contributed by atoms with Gasteiger partial charge in [-0.1, -0.05) is 19.1 Å². The molecule has 13 heteroatoms. The fraction of sp³-hybridized carbons (Fsp3) is 0.484. The van der Waals surface area contributed by atoms with Crippen molar-refractivity contribution in [3.63, 3.8) is 0 Å². The molecule has 1 aliphatic carbocycles. The van der Waals surface area contributed by atoms with Gasteiger partial charge in [0.1, 0.15) is 35.7 Å². The van der Waals surface area contributed by atoms with Crippen LogP contribution in [0.2, 0.25) is 0 Å². The average molecular weight is 609 g/mol. The van der Waals surface area contributed by atoms with Crippen molar-refractivity contribution in [2.24, 2.45) is 5.92 Å². The predicted octanol–water partition coefficient (Wildman–Crippen LogP) is 2.88. The molecule has 0 unspecified atom stereocenters. The monoisotopic (exact) mass is 608 g/mol. The largest absolute Gasteiger partial charge is 0.491 e. The number of carbonyl (C=O) groups is 4. The van der Waals surface area contributed by atoms with E-state index in [1.54, 1.807) is 22.7 Å². The highest BCUT2D eigenvalue weighted by Crippen LogP contribution is 2.30. The minimum Gasteiger partial charge on any atom is -0.491 e. The SMILES string of the molecule is Cc1oc2c(c1C(=O)N1CCNC(=O)[C@@H](CC(C)C)NC(=O)c3cc(F)ccc3OCCn3cc(nn3)CC1)C(=O)CCC2. The lowest BCUT2D eigenvalue weighted by molar-refractivity contribution is -0.123. The van der Waals surface area contributed by atoms with Gasteiger partial charge in [-0.3, -0.25) is 19.2 Å². The van der Waals surface area contributed by atoms with Crippen LogP contribution in [0.4, 0.5) is 4.39 Å². The number of furan rings is 1. The molecule has 44 heavy (non-hydrogen) atoms. The Morgan fingerprint density at radius 2 is 1.95 bits per heavy atom. The standard InChI is InChI=1S/C31H37FN6O6/c1-18(2)15-23-30(41)33-10-12-37(31(42)27-19(3)44-26-6-4-5-24(39)28(26)27)11-9-21-17-38(36-35-21)13-14-43-25-8-7-20(32)16-22(25)29(40)34-23/h7-8,16-18,23H,4-6,9-15H2,1-3H3,(H,33,41)(H,34,40)/t23-/m1/s1. The lowest BCUT2D eigenvalue weighted by Gasteiger charge is -2.25. The van der Waals surface area contributed by atoms with Gasteiger partial charge in [0.05, 0.1) is 28.9 Å².